The van der Waals surface area contributed by atoms with E-state index in [4.69, 9.17) is 5.26 Å². The topological polar surface area (TPSA) is 44.0 Å². The van der Waals surface area contributed by atoms with Crippen molar-refractivity contribution in [2.24, 2.45) is 17.3 Å². The Kier molecular flexibility index (Phi) is 2.16. The third-order valence-electron chi connectivity index (χ3n) is 4.18. The van der Waals surface area contributed by atoms with Crippen LogP contribution in [0.25, 0.3) is 0 Å². The highest BCUT2D eigenvalue weighted by molar-refractivity contribution is 5.26. The summed E-state index contributed by atoms with van der Waals surface area (Å²) >= 11 is 0. The van der Waals surface area contributed by atoms with Crippen LogP contribution in [0.5, 0.6) is 0 Å². The molecule has 1 unspecified atom stereocenters. The summed E-state index contributed by atoms with van der Waals surface area (Å²) in [6.07, 6.45) is 4.17. The molecule has 0 aliphatic heterocycles. The summed E-state index contributed by atoms with van der Waals surface area (Å²) in [7, 11) is 0. The molecule has 0 saturated heterocycles. The Morgan fingerprint density at radius 1 is 1.71 bits per heavy atom. The van der Waals surface area contributed by atoms with E-state index in [1.807, 2.05) is 6.07 Å². The summed E-state index contributed by atoms with van der Waals surface area (Å²) < 4.78 is 0. The second-order valence-corrected chi connectivity index (χ2v) is 5.12. The number of nitriles is 1. The summed E-state index contributed by atoms with van der Waals surface area (Å²) in [5.41, 5.74) is 1.47. The lowest BCUT2D eigenvalue weighted by Gasteiger charge is -2.57. The lowest BCUT2D eigenvalue weighted by Crippen LogP contribution is -2.49. The number of hydrogen-bond donors (Lipinski definition) is 1. The van der Waals surface area contributed by atoms with Crippen molar-refractivity contribution >= 4 is 0 Å². The summed E-state index contributed by atoms with van der Waals surface area (Å²) in [4.78, 5) is 0. The van der Waals surface area contributed by atoms with E-state index in [2.05, 4.69) is 19.9 Å². The van der Waals surface area contributed by atoms with Gasteiger partial charge in [0.05, 0.1) is 18.6 Å². The summed E-state index contributed by atoms with van der Waals surface area (Å²) in [5.74, 6) is 1.31. The lowest BCUT2D eigenvalue weighted by molar-refractivity contribution is -0.0210. The van der Waals surface area contributed by atoms with Crippen molar-refractivity contribution in [2.75, 3.05) is 0 Å². The van der Waals surface area contributed by atoms with Crippen molar-refractivity contribution < 1.29 is 5.11 Å². The summed E-state index contributed by atoms with van der Waals surface area (Å²) in [6, 6.07) is 2.04. The van der Waals surface area contributed by atoms with Crippen molar-refractivity contribution in [1.82, 2.24) is 0 Å². The molecule has 76 valence electrons. The first kappa shape index (κ1) is 9.73. The Morgan fingerprint density at radius 3 is 2.93 bits per heavy atom. The normalized spacial score (nSPS) is 35.1. The van der Waals surface area contributed by atoms with Crippen LogP contribution < -0.4 is 0 Å². The summed E-state index contributed by atoms with van der Waals surface area (Å²) in [6.45, 7) is 4.55. The molecular formula is C12H17NO. The molecular weight excluding hydrogens is 174 g/mol. The zero-order chi connectivity index (χ0) is 10.3. The van der Waals surface area contributed by atoms with Crippen LogP contribution in [0.15, 0.2) is 11.6 Å². The highest BCUT2D eigenvalue weighted by atomic mass is 16.3. The molecule has 0 aromatic carbocycles. The van der Waals surface area contributed by atoms with Gasteiger partial charge >= 0.3 is 0 Å². The highest BCUT2D eigenvalue weighted by Crippen LogP contribution is 2.59. The second kappa shape index (κ2) is 3.10. The molecule has 0 radical (unpaired) electrons. The SMILES string of the molecule is CC1(C)[C@H]2CC=C(C(O)CC#N)[C@H]1C2. The van der Waals surface area contributed by atoms with E-state index in [0.717, 1.165) is 17.9 Å². The van der Waals surface area contributed by atoms with Crippen LogP contribution in [0.1, 0.15) is 33.1 Å². The van der Waals surface area contributed by atoms with Gasteiger partial charge in [0, 0.05) is 0 Å². The summed E-state index contributed by atoms with van der Waals surface area (Å²) in [5, 5.41) is 18.4. The standard InChI is InChI=1S/C12H17NO/c1-12(2)8-3-4-9(10(12)7-8)11(14)5-6-13/h4,8,10-11,14H,3,5,7H2,1-2H3/t8-,10+,11?/m0/s1. The van der Waals surface area contributed by atoms with Crippen molar-refractivity contribution in [1.29, 1.82) is 5.26 Å². The van der Waals surface area contributed by atoms with Gasteiger partial charge in [0.25, 0.3) is 0 Å². The Balaban J connectivity index is 2.15. The van der Waals surface area contributed by atoms with Gasteiger partial charge in [-0.15, -0.1) is 0 Å². The first-order valence-electron chi connectivity index (χ1n) is 5.32. The molecule has 1 fully saturated rings. The molecule has 1 saturated carbocycles. The molecule has 14 heavy (non-hydrogen) atoms. The fraction of sp³-hybridized carbons (Fsp3) is 0.750. The fourth-order valence-electron chi connectivity index (χ4n) is 2.97. The molecule has 0 spiro atoms. The molecule has 3 rings (SSSR count). The van der Waals surface area contributed by atoms with Crippen LogP contribution in [0.4, 0.5) is 0 Å². The number of rotatable bonds is 2. The predicted molar refractivity (Wildman–Crippen MR) is 54.3 cm³/mol. The van der Waals surface area contributed by atoms with Crippen LogP contribution in [-0.4, -0.2) is 11.2 Å². The Bertz CT molecular complexity index is 311. The molecule has 0 aromatic rings. The maximum absolute atomic E-state index is 9.81. The van der Waals surface area contributed by atoms with Crippen LogP contribution >= 0.6 is 0 Å². The van der Waals surface area contributed by atoms with Gasteiger partial charge in [0.15, 0.2) is 0 Å². The van der Waals surface area contributed by atoms with Gasteiger partial charge in [-0.05, 0) is 35.7 Å². The van der Waals surface area contributed by atoms with Crippen LogP contribution in [0.3, 0.4) is 0 Å². The van der Waals surface area contributed by atoms with Crippen LogP contribution in [0.2, 0.25) is 0 Å². The van der Waals surface area contributed by atoms with Crippen molar-refractivity contribution in [3.8, 4) is 6.07 Å². The third-order valence-corrected chi connectivity index (χ3v) is 4.18. The molecule has 2 nitrogen and oxygen atoms in total. The number of fused-ring (bicyclic) bond motifs is 1. The van der Waals surface area contributed by atoms with Crippen molar-refractivity contribution in [3.05, 3.63) is 11.6 Å². The van der Waals surface area contributed by atoms with Gasteiger partial charge in [0.1, 0.15) is 0 Å². The number of aliphatic hydroxyl groups is 1. The van der Waals surface area contributed by atoms with E-state index in [0.29, 0.717) is 11.3 Å². The average Bonchev–Trinajstić information content (AvgIpc) is 2.18. The molecule has 0 aromatic heterocycles. The maximum Gasteiger partial charge on any atom is 0.0882 e. The Labute approximate surface area is 85.2 Å². The van der Waals surface area contributed by atoms with Crippen LogP contribution in [-0.2, 0) is 0 Å². The predicted octanol–water partition coefficient (Wildman–Crippen LogP) is 2.25. The lowest BCUT2D eigenvalue weighted by atomic mass is 9.48. The van der Waals surface area contributed by atoms with Crippen LogP contribution in [0, 0.1) is 28.6 Å². The number of aliphatic hydroxyl groups excluding tert-OH is 1. The largest absolute Gasteiger partial charge is 0.388 e. The monoisotopic (exact) mass is 191 g/mol. The van der Waals surface area contributed by atoms with Gasteiger partial charge in [-0.3, -0.25) is 0 Å². The molecule has 0 amide bonds. The first-order chi connectivity index (χ1) is 6.57. The molecule has 3 aliphatic carbocycles. The quantitative estimate of drug-likeness (QED) is 0.680. The molecule has 1 N–H and O–H groups in total. The fourth-order valence-corrected chi connectivity index (χ4v) is 2.97. The van der Waals surface area contributed by atoms with E-state index in [9.17, 15) is 5.11 Å². The van der Waals surface area contributed by atoms with Gasteiger partial charge in [0.2, 0.25) is 0 Å². The smallest absolute Gasteiger partial charge is 0.0882 e. The zero-order valence-electron chi connectivity index (χ0n) is 8.83. The first-order valence-corrected chi connectivity index (χ1v) is 5.32. The zero-order valence-corrected chi connectivity index (χ0v) is 8.83. The average molecular weight is 191 g/mol. The number of nitrogens with zero attached hydrogens (tertiary/aromatic N) is 1. The van der Waals surface area contributed by atoms with Gasteiger partial charge in [-0.2, -0.15) is 5.26 Å². The van der Waals surface area contributed by atoms with E-state index < -0.39 is 6.10 Å². The minimum absolute atomic E-state index is 0.239. The number of hydrogen-bond acceptors (Lipinski definition) is 2. The molecule has 0 heterocycles. The minimum atomic E-state index is -0.523. The highest BCUT2D eigenvalue weighted by Gasteiger charge is 2.52. The van der Waals surface area contributed by atoms with Crippen molar-refractivity contribution in [2.45, 2.75) is 39.2 Å². The number of allylic oxidation sites excluding steroid dienone is 1. The molecule has 2 bridgehead atoms. The van der Waals surface area contributed by atoms with Gasteiger partial charge in [-0.25, -0.2) is 0 Å². The van der Waals surface area contributed by atoms with E-state index >= 15 is 0 Å². The molecule has 3 atom stereocenters. The Hall–Kier alpha value is -0.810. The van der Waals surface area contributed by atoms with Gasteiger partial charge < -0.3 is 5.11 Å². The van der Waals surface area contributed by atoms with Gasteiger partial charge in [-0.1, -0.05) is 19.9 Å². The van der Waals surface area contributed by atoms with E-state index in [1.54, 1.807) is 0 Å². The second-order valence-electron chi connectivity index (χ2n) is 5.12. The third kappa shape index (κ3) is 1.19. The van der Waals surface area contributed by atoms with E-state index in [1.165, 1.54) is 6.42 Å². The Morgan fingerprint density at radius 2 is 2.43 bits per heavy atom. The molecule has 3 aliphatic rings. The van der Waals surface area contributed by atoms with Crippen molar-refractivity contribution in [3.63, 3.8) is 0 Å². The molecule has 2 heteroatoms. The van der Waals surface area contributed by atoms with E-state index in [-0.39, 0.29) is 6.42 Å². The minimum Gasteiger partial charge on any atom is -0.388 e. The maximum atomic E-state index is 9.81.